The zero-order chi connectivity index (χ0) is 13.6. The number of esters is 1. The number of rotatable bonds is 6. The summed E-state index contributed by atoms with van der Waals surface area (Å²) in [7, 11) is 0. The van der Waals surface area contributed by atoms with Gasteiger partial charge in [0.05, 0.1) is 17.8 Å². The lowest BCUT2D eigenvalue weighted by atomic mass is 10.0. The Morgan fingerprint density at radius 1 is 1.50 bits per heavy atom. The predicted octanol–water partition coefficient (Wildman–Crippen LogP) is 1.83. The molecule has 0 aliphatic heterocycles. The van der Waals surface area contributed by atoms with Crippen LogP contribution < -0.4 is 5.32 Å². The van der Waals surface area contributed by atoms with Gasteiger partial charge in [0.15, 0.2) is 0 Å². The first kappa shape index (κ1) is 14.4. The number of nitrogens with one attached hydrogen (secondary N) is 1. The molecule has 5 nitrogen and oxygen atoms in total. The van der Waals surface area contributed by atoms with Crippen LogP contribution in [0, 0.1) is 0 Å². The highest BCUT2D eigenvalue weighted by molar-refractivity contribution is 5.89. The Morgan fingerprint density at radius 2 is 2.22 bits per heavy atom. The summed E-state index contributed by atoms with van der Waals surface area (Å²) >= 11 is 0. The Bertz CT molecular complexity index is 388. The first-order valence-electron chi connectivity index (χ1n) is 6.08. The minimum Gasteiger partial charge on any atom is -0.462 e. The molecule has 0 saturated carbocycles. The zero-order valence-corrected chi connectivity index (χ0v) is 11.1. The van der Waals surface area contributed by atoms with Gasteiger partial charge in [0.2, 0.25) is 0 Å². The van der Waals surface area contributed by atoms with E-state index in [2.05, 4.69) is 10.3 Å². The van der Waals surface area contributed by atoms with E-state index in [1.165, 1.54) is 6.20 Å². The van der Waals surface area contributed by atoms with E-state index < -0.39 is 5.60 Å². The summed E-state index contributed by atoms with van der Waals surface area (Å²) in [4.78, 5) is 15.5. The molecule has 18 heavy (non-hydrogen) atoms. The Balaban J connectivity index is 2.58. The molecule has 0 aromatic carbocycles. The molecule has 100 valence electrons. The first-order chi connectivity index (χ1) is 8.48. The number of anilines is 1. The van der Waals surface area contributed by atoms with E-state index in [0.29, 0.717) is 31.0 Å². The molecule has 5 heteroatoms. The number of aliphatic hydroxyl groups is 1. The van der Waals surface area contributed by atoms with Gasteiger partial charge in [-0.3, -0.25) is 0 Å². The fourth-order valence-electron chi connectivity index (χ4n) is 1.24. The van der Waals surface area contributed by atoms with Crippen molar-refractivity contribution in [3.8, 4) is 0 Å². The van der Waals surface area contributed by atoms with E-state index in [-0.39, 0.29) is 5.97 Å². The van der Waals surface area contributed by atoms with Crippen LogP contribution in [0.15, 0.2) is 18.3 Å². The van der Waals surface area contributed by atoms with E-state index in [9.17, 15) is 9.90 Å². The monoisotopic (exact) mass is 252 g/mol. The van der Waals surface area contributed by atoms with Crippen LogP contribution in [0.2, 0.25) is 0 Å². The van der Waals surface area contributed by atoms with Crippen molar-refractivity contribution >= 4 is 11.8 Å². The SMILES string of the molecule is CCOC(=O)c1ccc(NCC(C)(O)CC)nc1. The highest BCUT2D eigenvalue weighted by Crippen LogP contribution is 2.11. The highest BCUT2D eigenvalue weighted by Gasteiger charge is 2.17. The summed E-state index contributed by atoms with van der Waals surface area (Å²) in [5.74, 6) is 0.244. The number of nitrogens with zero attached hydrogens (tertiary/aromatic N) is 1. The fraction of sp³-hybridized carbons (Fsp3) is 0.538. The average molecular weight is 252 g/mol. The molecule has 1 heterocycles. The second-order valence-corrected chi connectivity index (χ2v) is 4.36. The number of ether oxygens (including phenoxy) is 1. The molecule has 2 N–H and O–H groups in total. The maximum Gasteiger partial charge on any atom is 0.339 e. The van der Waals surface area contributed by atoms with Crippen LogP contribution in [-0.2, 0) is 4.74 Å². The van der Waals surface area contributed by atoms with Crippen LogP contribution in [0.1, 0.15) is 37.6 Å². The molecular formula is C13H20N2O3. The normalized spacial score (nSPS) is 13.8. The van der Waals surface area contributed by atoms with Crippen LogP contribution in [0.3, 0.4) is 0 Å². The number of carbonyl (C=O) groups excluding carboxylic acids is 1. The molecule has 0 amide bonds. The zero-order valence-electron chi connectivity index (χ0n) is 11.1. The molecule has 0 saturated heterocycles. The lowest BCUT2D eigenvalue weighted by Crippen LogP contribution is -2.32. The molecule has 0 radical (unpaired) electrons. The molecular weight excluding hydrogens is 232 g/mol. The molecule has 1 atom stereocenters. The number of aromatic nitrogens is 1. The number of hydrogen-bond donors (Lipinski definition) is 2. The number of pyridine rings is 1. The van der Waals surface area contributed by atoms with Crippen LogP contribution >= 0.6 is 0 Å². The summed E-state index contributed by atoms with van der Waals surface area (Å²) in [6.45, 7) is 6.19. The molecule has 1 aromatic rings. The van der Waals surface area contributed by atoms with Crippen molar-refractivity contribution in [2.75, 3.05) is 18.5 Å². The van der Waals surface area contributed by atoms with Crippen LogP contribution in [0.25, 0.3) is 0 Å². The fourth-order valence-corrected chi connectivity index (χ4v) is 1.24. The highest BCUT2D eigenvalue weighted by atomic mass is 16.5. The van der Waals surface area contributed by atoms with Gasteiger partial charge < -0.3 is 15.2 Å². The molecule has 0 aliphatic carbocycles. The Morgan fingerprint density at radius 3 is 2.72 bits per heavy atom. The molecule has 0 spiro atoms. The standard InChI is InChI=1S/C13H20N2O3/c1-4-13(3,17)9-15-11-7-6-10(8-14-11)12(16)18-5-2/h6-8,17H,4-5,9H2,1-3H3,(H,14,15). The number of hydrogen-bond acceptors (Lipinski definition) is 5. The average Bonchev–Trinajstić information content (AvgIpc) is 2.37. The van der Waals surface area contributed by atoms with E-state index in [0.717, 1.165) is 0 Å². The van der Waals surface area contributed by atoms with Gasteiger partial charge in [0.25, 0.3) is 0 Å². The van der Waals surface area contributed by atoms with E-state index in [1.54, 1.807) is 26.0 Å². The van der Waals surface area contributed by atoms with Crippen molar-refractivity contribution in [3.05, 3.63) is 23.9 Å². The lowest BCUT2D eigenvalue weighted by Gasteiger charge is -2.21. The Hall–Kier alpha value is -1.62. The third kappa shape index (κ3) is 4.33. The molecule has 1 rings (SSSR count). The van der Waals surface area contributed by atoms with Crippen molar-refractivity contribution in [2.45, 2.75) is 32.8 Å². The molecule has 1 aromatic heterocycles. The van der Waals surface area contributed by atoms with Gasteiger partial charge in [0.1, 0.15) is 5.82 Å². The predicted molar refractivity (Wildman–Crippen MR) is 69.6 cm³/mol. The van der Waals surface area contributed by atoms with E-state index >= 15 is 0 Å². The van der Waals surface area contributed by atoms with Crippen LogP contribution in [-0.4, -0.2) is 34.8 Å². The quantitative estimate of drug-likeness (QED) is 0.756. The maximum atomic E-state index is 11.4. The second kappa shape index (κ2) is 6.35. The van der Waals surface area contributed by atoms with Crippen molar-refractivity contribution in [1.29, 1.82) is 0 Å². The van der Waals surface area contributed by atoms with Gasteiger partial charge in [-0.05, 0) is 32.4 Å². The van der Waals surface area contributed by atoms with E-state index in [1.807, 2.05) is 6.92 Å². The topological polar surface area (TPSA) is 71.5 Å². The summed E-state index contributed by atoms with van der Waals surface area (Å²) in [6, 6.07) is 3.34. The third-order valence-electron chi connectivity index (χ3n) is 2.69. The summed E-state index contributed by atoms with van der Waals surface area (Å²) in [5, 5.41) is 12.9. The Labute approximate surface area is 107 Å². The minimum absolute atomic E-state index is 0.345. The minimum atomic E-state index is -0.762. The lowest BCUT2D eigenvalue weighted by molar-refractivity contribution is 0.0525. The van der Waals surface area contributed by atoms with Gasteiger partial charge in [-0.1, -0.05) is 6.92 Å². The number of carbonyl (C=O) groups is 1. The van der Waals surface area contributed by atoms with Gasteiger partial charge in [-0.2, -0.15) is 0 Å². The summed E-state index contributed by atoms with van der Waals surface area (Å²) < 4.78 is 4.86. The van der Waals surface area contributed by atoms with Crippen molar-refractivity contribution < 1.29 is 14.6 Å². The second-order valence-electron chi connectivity index (χ2n) is 4.36. The first-order valence-corrected chi connectivity index (χ1v) is 6.08. The van der Waals surface area contributed by atoms with Crippen molar-refractivity contribution in [2.24, 2.45) is 0 Å². The molecule has 1 unspecified atom stereocenters. The van der Waals surface area contributed by atoms with Crippen molar-refractivity contribution in [1.82, 2.24) is 4.98 Å². The van der Waals surface area contributed by atoms with Gasteiger partial charge in [0, 0.05) is 12.7 Å². The van der Waals surface area contributed by atoms with E-state index in [4.69, 9.17) is 4.74 Å². The smallest absolute Gasteiger partial charge is 0.339 e. The molecule has 0 fully saturated rings. The molecule has 0 aliphatic rings. The molecule has 0 bridgehead atoms. The van der Waals surface area contributed by atoms with Gasteiger partial charge >= 0.3 is 5.97 Å². The third-order valence-corrected chi connectivity index (χ3v) is 2.69. The Kier molecular flexibility index (Phi) is 5.09. The van der Waals surface area contributed by atoms with Crippen LogP contribution in [0.4, 0.5) is 5.82 Å². The van der Waals surface area contributed by atoms with Gasteiger partial charge in [-0.25, -0.2) is 9.78 Å². The van der Waals surface area contributed by atoms with Gasteiger partial charge in [-0.15, -0.1) is 0 Å². The summed E-state index contributed by atoms with van der Waals surface area (Å²) in [6.07, 6.45) is 2.11. The maximum absolute atomic E-state index is 11.4. The summed E-state index contributed by atoms with van der Waals surface area (Å²) in [5.41, 5.74) is -0.341. The van der Waals surface area contributed by atoms with Crippen molar-refractivity contribution in [3.63, 3.8) is 0 Å². The largest absolute Gasteiger partial charge is 0.462 e. The van der Waals surface area contributed by atoms with Crippen LogP contribution in [0.5, 0.6) is 0 Å².